The first-order valence-corrected chi connectivity index (χ1v) is 28.6. The van der Waals surface area contributed by atoms with Crippen LogP contribution in [0.15, 0.2) is 12.2 Å². The highest BCUT2D eigenvalue weighted by Crippen LogP contribution is 2.38. The van der Waals surface area contributed by atoms with E-state index in [-0.39, 0.29) is 12.3 Å². The average molecular weight is 1110 g/mol. The van der Waals surface area contributed by atoms with Crippen LogP contribution in [0.5, 0.6) is 0 Å². The maximum atomic E-state index is 13.3. The summed E-state index contributed by atoms with van der Waals surface area (Å²) in [6.07, 6.45) is -1.23. The molecule has 450 valence electrons. The third-order valence-electron chi connectivity index (χ3n) is 14.7. The van der Waals surface area contributed by atoms with Crippen molar-refractivity contribution in [3.8, 4) is 0 Å². The first kappa shape index (κ1) is 68.7. The van der Waals surface area contributed by atoms with Crippen molar-refractivity contribution in [2.45, 2.75) is 285 Å². The first-order valence-electron chi connectivity index (χ1n) is 28.6. The number of hydrogen-bond donors (Lipinski definition) is 14. The number of carboxylic acid groups (broad SMARTS) is 1. The fourth-order valence-electron chi connectivity index (χ4n) is 10.1. The molecule has 18 unspecified atom stereocenters. The lowest BCUT2D eigenvalue weighted by Crippen LogP contribution is -2.70. The van der Waals surface area contributed by atoms with Gasteiger partial charge >= 0.3 is 5.97 Å². The number of carbonyl (C=O) groups is 3. The molecule has 2 amide bonds. The smallest absolute Gasteiger partial charge is 0.364 e. The number of nitrogens with one attached hydrogen (secondary N) is 2. The Morgan fingerprint density at radius 1 is 0.675 bits per heavy atom. The van der Waals surface area contributed by atoms with Crippen molar-refractivity contribution >= 4 is 17.8 Å². The molecule has 0 aromatic carbocycles. The van der Waals surface area contributed by atoms with Crippen molar-refractivity contribution in [3.05, 3.63) is 12.2 Å². The van der Waals surface area contributed by atoms with Crippen molar-refractivity contribution in [2.24, 2.45) is 0 Å². The number of aliphatic carboxylic acids is 1. The zero-order chi connectivity index (χ0) is 56.9. The summed E-state index contributed by atoms with van der Waals surface area (Å²) in [5, 5.41) is 135. The van der Waals surface area contributed by atoms with Crippen LogP contribution >= 0.6 is 0 Å². The number of aliphatic hydroxyl groups excluding tert-OH is 11. The molecule has 0 aromatic rings. The Kier molecular flexibility index (Phi) is 33.5. The second kappa shape index (κ2) is 37.5. The van der Waals surface area contributed by atoms with Gasteiger partial charge in [-0.3, -0.25) is 9.59 Å². The maximum Gasteiger partial charge on any atom is 0.364 e. The van der Waals surface area contributed by atoms with Gasteiger partial charge < -0.3 is 100 Å². The molecule has 0 bridgehead atoms. The molecule has 3 fully saturated rings. The summed E-state index contributed by atoms with van der Waals surface area (Å²) < 4.78 is 34.6. The van der Waals surface area contributed by atoms with E-state index < -0.39 is 155 Å². The normalized spacial score (nSPS) is 31.4. The number of unbranched alkanes of at least 4 members (excludes halogenated alkanes) is 20. The molecular formula is C54H98N2O21. The van der Waals surface area contributed by atoms with Crippen LogP contribution in [0.4, 0.5) is 0 Å². The van der Waals surface area contributed by atoms with E-state index >= 15 is 0 Å². The molecule has 0 aliphatic carbocycles. The predicted octanol–water partition coefficient (Wildman–Crippen LogP) is 1.21. The van der Waals surface area contributed by atoms with E-state index in [9.17, 15) is 75.7 Å². The van der Waals surface area contributed by atoms with Crippen molar-refractivity contribution < 1.29 is 104 Å². The van der Waals surface area contributed by atoms with Crippen LogP contribution in [0.25, 0.3) is 0 Å². The molecule has 0 aromatic heterocycles. The Morgan fingerprint density at radius 2 is 1.21 bits per heavy atom. The number of rotatable bonds is 40. The molecular weight excluding hydrogens is 1010 g/mol. The highest BCUT2D eigenvalue weighted by Gasteiger charge is 2.60. The van der Waals surface area contributed by atoms with Gasteiger partial charge in [-0.15, -0.1) is 0 Å². The molecule has 18 atom stereocenters. The number of hydrogen-bond acceptors (Lipinski definition) is 20. The Labute approximate surface area is 454 Å². The molecule has 0 saturated carbocycles. The fourth-order valence-corrected chi connectivity index (χ4v) is 10.1. The van der Waals surface area contributed by atoms with E-state index in [0.29, 0.717) is 12.8 Å². The Morgan fingerprint density at radius 3 is 1.73 bits per heavy atom. The van der Waals surface area contributed by atoms with Gasteiger partial charge in [0.2, 0.25) is 11.8 Å². The highest BCUT2D eigenvalue weighted by molar-refractivity contribution is 5.77. The van der Waals surface area contributed by atoms with Gasteiger partial charge in [-0.25, -0.2) is 4.79 Å². The number of aliphatic hydroxyl groups is 11. The third kappa shape index (κ3) is 22.7. The minimum absolute atomic E-state index is 0.203. The molecule has 23 heteroatoms. The molecule has 3 saturated heterocycles. The van der Waals surface area contributed by atoms with E-state index in [1.165, 1.54) is 83.5 Å². The number of ether oxygens (including phenoxy) is 6. The minimum atomic E-state index is -3.08. The number of allylic oxidation sites excluding steroid dienone is 1. The molecule has 0 radical (unpaired) electrons. The number of amides is 2. The summed E-state index contributed by atoms with van der Waals surface area (Å²) in [6, 6.07) is -2.61. The van der Waals surface area contributed by atoms with Crippen LogP contribution in [-0.4, -0.2) is 215 Å². The van der Waals surface area contributed by atoms with Gasteiger partial charge in [0, 0.05) is 19.8 Å². The van der Waals surface area contributed by atoms with Gasteiger partial charge in [0.05, 0.1) is 50.7 Å². The summed E-state index contributed by atoms with van der Waals surface area (Å²) in [4.78, 5) is 38.2. The standard InChI is InChI=1S/C54H98N2O21/c1-4-6-8-10-12-14-16-18-20-22-24-26-28-41(64)56-35(36(61)27-25-23-21-19-17-15-13-11-9-7-5-2)33-72-51-46(68)45(67)48(40(32-59)74-51)75-52-47(69)50(44(66)39(31-58)73-52)77-54(53(70)71)29-37(62)42(55-34(3)60)49(76-54)43(65)38(63)30-57/h25,27,35-40,42-52,57-59,61-63,65-69H,4-24,26,28-33H2,1-3H3,(H,55,60)(H,56,64)(H,70,71)/b27-25+. The molecule has 3 aliphatic rings. The highest BCUT2D eigenvalue weighted by atomic mass is 16.8. The summed E-state index contributed by atoms with van der Waals surface area (Å²) in [5.41, 5.74) is 0. The van der Waals surface area contributed by atoms with Gasteiger partial charge in [-0.05, 0) is 19.3 Å². The predicted molar refractivity (Wildman–Crippen MR) is 278 cm³/mol. The van der Waals surface area contributed by atoms with Crippen molar-refractivity contribution in [2.75, 3.05) is 26.4 Å². The van der Waals surface area contributed by atoms with E-state index in [0.717, 1.165) is 51.9 Å². The molecule has 3 heterocycles. The fraction of sp³-hybridized carbons (Fsp3) is 0.907. The average Bonchev–Trinajstić information content (AvgIpc) is 3.40. The molecule has 0 spiro atoms. The summed E-state index contributed by atoms with van der Waals surface area (Å²) in [6.45, 7) is 2.05. The van der Waals surface area contributed by atoms with Crippen LogP contribution in [0.3, 0.4) is 0 Å². The van der Waals surface area contributed by atoms with Crippen LogP contribution in [0.2, 0.25) is 0 Å². The lowest BCUT2D eigenvalue weighted by atomic mass is 9.88. The molecule has 77 heavy (non-hydrogen) atoms. The first-order chi connectivity index (χ1) is 36.9. The number of carboxylic acids is 1. The lowest BCUT2D eigenvalue weighted by molar-refractivity contribution is -0.386. The van der Waals surface area contributed by atoms with Gasteiger partial charge in [0.1, 0.15) is 67.1 Å². The Bertz CT molecular complexity index is 1650. The Hall–Kier alpha value is -2.53. The SMILES string of the molecule is CCCCCCCCCCC/C=C/C(O)C(COC1OC(CO)C(OC2OC(CO)C(O)C(OC3(C(=O)O)CC(O)C(NC(C)=O)C(C(O)C(O)CO)O3)C2O)C(O)C1O)NC(=O)CCCCCCCCCCCCCC. The van der Waals surface area contributed by atoms with Crippen molar-refractivity contribution in [1.82, 2.24) is 10.6 Å². The van der Waals surface area contributed by atoms with Gasteiger partial charge in [-0.1, -0.05) is 148 Å². The quantitative estimate of drug-likeness (QED) is 0.0303. The molecule has 14 N–H and O–H groups in total. The molecule has 3 rings (SSSR count). The van der Waals surface area contributed by atoms with E-state index in [2.05, 4.69) is 24.5 Å². The second-order valence-electron chi connectivity index (χ2n) is 21.2. The van der Waals surface area contributed by atoms with E-state index in [1.54, 1.807) is 6.08 Å². The number of carbonyl (C=O) groups excluding carboxylic acids is 2. The van der Waals surface area contributed by atoms with Crippen LogP contribution in [0.1, 0.15) is 175 Å². The lowest BCUT2D eigenvalue weighted by Gasteiger charge is -2.50. The third-order valence-corrected chi connectivity index (χ3v) is 14.7. The van der Waals surface area contributed by atoms with Crippen LogP contribution in [-0.2, 0) is 42.8 Å². The topological polar surface area (TPSA) is 373 Å². The van der Waals surface area contributed by atoms with Crippen molar-refractivity contribution in [1.29, 1.82) is 0 Å². The summed E-state index contributed by atoms with van der Waals surface area (Å²) in [5.74, 6) is -6.14. The largest absolute Gasteiger partial charge is 0.477 e. The van der Waals surface area contributed by atoms with E-state index in [1.807, 2.05) is 6.08 Å². The van der Waals surface area contributed by atoms with Gasteiger partial charge in [0.25, 0.3) is 5.79 Å². The molecule has 3 aliphatic heterocycles. The zero-order valence-corrected chi connectivity index (χ0v) is 45.8. The second-order valence-corrected chi connectivity index (χ2v) is 21.2. The van der Waals surface area contributed by atoms with Crippen LogP contribution < -0.4 is 10.6 Å². The van der Waals surface area contributed by atoms with E-state index in [4.69, 9.17) is 28.4 Å². The summed E-state index contributed by atoms with van der Waals surface area (Å²) >= 11 is 0. The summed E-state index contributed by atoms with van der Waals surface area (Å²) in [7, 11) is 0. The zero-order valence-electron chi connectivity index (χ0n) is 45.8. The monoisotopic (exact) mass is 1110 g/mol. The molecule has 23 nitrogen and oxygen atoms in total. The van der Waals surface area contributed by atoms with Gasteiger partial charge in [-0.2, -0.15) is 0 Å². The maximum absolute atomic E-state index is 13.3. The Balaban J connectivity index is 1.71. The van der Waals surface area contributed by atoms with Gasteiger partial charge in [0.15, 0.2) is 12.6 Å². The van der Waals surface area contributed by atoms with Crippen molar-refractivity contribution in [3.63, 3.8) is 0 Å². The minimum Gasteiger partial charge on any atom is -0.477 e. The van der Waals surface area contributed by atoms with Crippen LogP contribution in [0, 0.1) is 0 Å².